The number of para-hydroxylation sites is 1. The Balaban J connectivity index is 2.30. The first-order valence-electron chi connectivity index (χ1n) is 5.48. The van der Waals surface area contributed by atoms with Gasteiger partial charge in [-0.3, -0.25) is 14.9 Å². The summed E-state index contributed by atoms with van der Waals surface area (Å²) in [4.78, 5) is 22.3. The fourth-order valence-corrected chi connectivity index (χ4v) is 1.75. The summed E-state index contributed by atoms with van der Waals surface area (Å²) in [7, 11) is 0. The molecule has 7 heteroatoms. The monoisotopic (exact) mass is 261 g/mol. The summed E-state index contributed by atoms with van der Waals surface area (Å²) in [6, 6.07) is 6.52. The number of Topliss-reactive ketones (excluding diaryl/α,β-unsaturated/α-hetero) is 1. The zero-order chi connectivity index (χ0) is 14.0. The molecule has 1 aromatic heterocycles. The Morgan fingerprint density at radius 2 is 2.16 bits per heavy atom. The van der Waals surface area contributed by atoms with E-state index in [9.17, 15) is 14.9 Å². The van der Waals surface area contributed by atoms with Gasteiger partial charge in [0.1, 0.15) is 0 Å². The lowest BCUT2D eigenvalue weighted by Crippen LogP contribution is -2.07. The minimum Gasteiger partial charge on any atom is -0.398 e. The van der Waals surface area contributed by atoms with Crippen molar-refractivity contribution in [1.82, 2.24) is 5.16 Å². The van der Waals surface area contributed by atoms with Crippen molar-refractivity contribution < 1.29 is 14.2 Å². The number of carbonyl (C=O) groups excluding carboxylic acids is 1. The van der Waals surface area contributed by atoms with Crippen molar-refractivity contribution >= 4 is 17.2 Å². The van der Waals surface area contributed by atoms with Gasteiger partial charge in [-0.2, -0.15) is 0 Å². The maximum Gasteiger partial charge on any atom is 0.334 e. The van der Waals surface area contributed by atoms with E-state index < -0.39 is 4.92 Å². The smallest absolute Gasteiger partial charge is 0.334 e. The molecule has 2 N–H and O–H groups in total. The van der Waals surface area contributed by atoms with Crippen LogP contribution in [-0.4, -0.2) is 15.9 Å². The van der Waals surface area contributed by atoms with Gasteiger partial charge in [0.15, 0.2) is 11.5 Å². The lowest BCUT2D eigenvalue weighted by atomic mass is 10.0. The second kappa shape index (κ2) is 4.89. The molecule has 1 aromatic carbocycles. The van der Waals surface area contributed by atoms with Gasteiger partial charge in [-0.1, -0.05) is 17.3 Å². The molecule has 0 spiro atoms. The Hall–Kier alpha value is -2.70. The second-order valence-electron chi connectivity index (χ2n) is 3.98. The standard InChI is InChI=1S/C12H11N3O4/c1-7-12(15(17)18)11(19-14-7)6-10(16)8-4-2-3-5-9(8)13/h2-5H,6,13H2,1H3. The fraction of sp³-hybridized carbons (Fsp3) is 0.167. The lowest BCUT2D eigenvalue weighted by molar-refractivity contribution is -0.386. The molecular weight excluding hydrogens is 250 g/mol. The van der Waals surface area contributed by atoms with Crippen LogP contribution < -0.4 is 5.73 Å². The summed E-state index contributed by atoms with van der Waals surface area (Å²) < 4.78 is 4.84. The molecule has 7 nitrogen and oxygen atoms in total. The third-order valence-electron chi connectivity index (χ3n) is 2.66. The SMILES string of the molecule is Cc1noc(CC(=O)c2ccccc2N)c1[N+](=O)[O-]. The van der Waals surface area contributed by atoms with Crippen LogP contribution in [0.2, 0.25) is 0 Å². The van der Waals surface area contributed by atoms with Crippen molar-refractivity contribution in [3.05, 3.63) is 51.4 Å². The molecule has 0 radical (unpaired) electrons. The highest BCUT2D eigenvalue weighted by Gasteiger charge is 2.26. The number of hydrogen-bond donors (Lipinski definition) is 1. The minimum absolute atomic E-state index is 0.0595. The Morgan fingerprint density at radius 1 is 1.47 bits per heavy atom. The van der Waals surface area contributed by atoms with Crippen molar-refractivity contribution in [2.75, 3.05) is 5.73 Å². The summed E-state index contributed by atoms with van der Waals surface area (Å²) in [6.45, 7) is 1.45. The molecule has 0 aliphatic carbocycles. The van der Waals surface area contributed by atoms with Gasteiger partial charge in [-0.25, -0.2) is 0 Å². The van der Waals surface area contributed by atoms with Crippen LogP contribution >= 0.6 is 0 Å². The summed E-state index contributed by atoms with van der Waals surface area (Å²) in [5.74, 6) is -0.409. The van der Waals surface area contributed by atoms with Crippen LogP contribution in [0.4, 0.5) is 11.4 Å². The highest BCUT2D eigenvalue weighted by molar-refractivity contribution is 6.01. The van der Waals surface area contributed by atoms with Gasteiger partial charge < -0.3 is 10.3 Å². The molecule has 0 atom stereocenters. The number of nitrogen functional groups attached to an aromatic ring is 1. The molecule has 2 aromatic rings. The zero-order valence-electron chi connectivity index (χ0n) is 10.1. The molecule has 0 aliphatic rings. The van der Waals surface area contributed by atoms with Gasteiger partial charge in [0, 0.05) is 11.3 Å². The third-order valence-corrected chi connectivity index (χ3v) is 2.66. The van der Waals surface area contributed by atoms with Crippen LogP contribution in [0.1, 0.15) is 21.8 Å². The number of nitrogens with two attached hydrogens (primary N) is 1. The fourth-order valence-electron chi connectivity index (χ4n) is 1.75. The highest BCUT2D eigenvalue weighted by atomic mass is 16.6. The van der Waals surface area contributed by atoms with Crippen LogP contribution in [0.15, 0.2) is 28.8 Å². The van der Waals surface area contributed by atoms with Crippen LogP contribution in [0.5, 0.6) is 0 Å². The van der Waals surface area contributed by atoms with Gasteiger partial charge in [0.25, 0.3) is 0 Å². The van der Waals surface area contributed by atoms with Crippen molar-refractivity contribution in [2.24, 2.45) is 0 Å². The molecule has 0 unspecified atom stereocenters. The number of aryl methyl sites for hydroxylation is 1. The molecule has 19 heavy (non-hydrogen) atoms. The van der Waals surface area contributed by atoms with Crippen molar-refractivity contribution in [3.8, 4) is 0 Å². The predicted molar refractivity (Wildman–Crippen MR) is 66.8 cm³/mol. The number of anilines is 1. The van der Waals surface area contributed by atoms with E-state index in [0.717, 1.165) is 0 Å². The third kappa shape index (κ3) is 2.44. The van der Waals surface area contributed by atoms with Gasteiger partial charge >= 0.3 is 5.69 Å². The van der Waals surface area contributed by atoms with E-state index in [2.05, 4.69) is 5.16 Å². The van der Waals surface area contributed by atoms with Crippen molar-refractivity contribution in [3.63, 3.8) is 0 Å². The molecule has 0 amide bonds. The Morgan fingerprint density at radius 3 is 2.79 bits per heavy atom. The van der Waals surface area contributed by atoms with Crippen LogP contribution in [0.25, 0.3) is 0 Å². The van der Waals surface area contributed by atoms with Crippen LogP contribution in [0.3, 0.4) is 0 Å². The van der Waals surface area contributed by atoms with Gasteiger partial charge in [0.2, 0.25) is 5.76 Å². The van der Waals surface area contributed by atoms with E-state index in [1.165, 1.54) is 6.92 Å². The summed E-state index contributed by atoms with van der Waals surface area (Å²) in [5, 5.41) is 14.4. The van der Waals surface area contributed by atoms with E-state index in [1.54, 1.807) is 24.3 Å². The molecule has 0 bridgehead atoms. The number of benzene rings is 1. The number of nitrogens with zero attached hydrogens (tertiary/aromatic N) is 2. The summed E-state index contributed by atoms with van der Waals surface area (Å²) in [5.41, 5.74) is 6.20. The number of aromatic nitrogens is 1. The molecule has 1 heterocycles. The first-order chi connectivity index (χ1) is 9.00. The van der Waals surface area contributed by atoms with Crippen molar-refractivity contribution in [2.45, 2.75) is 13.3 Å². The Kier molecular flexibility index (Phi) is 3.28. The molecule has 0 aliphatic heterocycles. The Labute approximate surface area is 108 Å². The van der Waals surface area contributed by atoms with Gasteiger partial charge in [-0.05, 0) is 19.1 Å². The maximum atomic E-state index is 12.0. The topological polar surface area (TPSA) is 112 Å². The van der Waals surface area contributed by atoms with E-state index >= 15 is 0 Å². The van der Waals surface area contributed by atoms with Crippen LogP contribution in [-0.2, 0) is 6.42 Å². The Bertz CT molecular complexity index is 648. The number of rotatable bonds is 4. The first kappa shape index (κ1) is 12.7. The normalized spacial score (nSPS) is 10.4. The predicted octanol–water partition coefficient (Wildman–Crippen LogP) is 1.90. The first-order valence-corrected chi connectivity index (χ1v) is 5.48. The minimum atomic E-state index is -0.608. The number of ketones is 1. The number of carbonyl (C=O) groups is 1. The number of hydrogen-bond acceptors (Lipinski definition) is 6. The maximum absolute atomic E-state index is 12.0. The summed E-state index contributed by atoms with van der Waals surface area (Å²) >= 11 is 0. The highest BCUT2D eigenvalue weighted by Crippen LogP contribution is 2.24. The average Bonchev–Trinajstić information content (AvgIpc) is 2.70. The molecule has 0 saturated heterocycles. The summed E-state index contributed by atoms with van der Waals surface area (Å²) in [6.07, 6.45) is -0.245. The molecular formula is C12H11N3O4. The quantitative estimate of drug-likeness (QED) is 0.389. The second-order valence-corrected chi connectivity index (χ2v) is 3.98. The molecule has 2 rings (SSSR count). The zero-order valence-corrected chi connectivity index (χ0v) is 10.1. The lowest BCUT2D eigenvalue weighted by Gasteiger charge is -2.02. The van der Waals surface area contributed by atoms with Gasteiger partial charge in [-0.15, -0.1) is 0 Å². The van der Waals surface area contributed by atoms with Gasteiger partial charge in [0.05, 0.1) is 11.3 Å². The average molecular weight is 261 g/mol. The van der Waals surface area contributed by atoms with E-state index in [1.807, 2.05) is 0 Å². The van der Waals surface area contributed by atoms with E-state index in [-0.39, 0.29) is 29.3 Å². The largest absolute Gasteiger partial charge is 0.398 e. The molecule has 0 fully saturated rings. The molecule has 98 valence electrons. The van der Waals surface area contributed by atoms with Crippen LogP contribution in [0, 0.1) is 17.0 Å². The van der Waals surface area contributed by atoms with E-state index in [4.69, 9.17) is 10.3 Å². The van der Waals surface area contributed by atoms with Crippen molar-refractivity contribution in [1.29, 1.82) is 0 Å². The number of nitro groups is 1. The molecule has 0 saturated carbocycles. The van der Waals surface area contributed by atoms with E-state index in [0.29, 0.717) is 11.3 Å².